The van der Waals surface area contributed by atoms with Gasteiger partial charge >= 0.3 is 12.4 Å². The number of carbonyl (C=O) groups is 2. The molecule has 6 rings (SSSR count). The number of morpholine rings is 1. The molecule has 3 fully saturated rings. The van der Waals surface area contributed by atoms with E-state index in [9.17, 15) is 35.9 Å². The quantitative estimate of drug-likeness (QED) is 0.260. The van der Waals surface area contributed by atoms with E-state index in [0.717, 1.165) is 37.2 Å². The summed E-state index contributed by atoms with van der Waals surface area (Å²) in [7, 11) is 0. The molecule has 222 valence electrons. The fraction of sp³-hybridized carbons (Fsp3) is 0.393. The zero-order valence-electron chi connectivity index (χ0n) is 21.9. The Balaban J connectivity index is 1.19. The average molecular weight is 611 g/mol. The molecule has 0 unspecified atom stereocenters. The first-order valence-corrected chi connectivity index (χ1v) is 14.0. The smallest absolute Gasteiger partial charge is 0.373 e. The topological polar surface area (TPSA) is 67.7 Å². The van der Waals surface area contributed by atoms with Crippen LogP contribution in [0.4, 0.5) is 31.1 Å². The van der Waals surface area contributed by atoms with Crippen LogP contribution in [0.15, 0.2) is 47.5 Å². The molecule has 1 aromatic heterocycles. The normalized spacial score (nSPS) is 23.0. The number of amides is 2. The van der Waals surface area contributed by atoms with Crippen molar-refractivity contribution in [3.05, 3.63) is 69.8 Å². The summed E-state index contributed by atoms with van der Waals surface area (Å²) in [5, 5.41) is 4.29. The molecule has 3 aromatic rings. The fourth-order valence-electron chi connectivity index (χ4n) is 5.65. The van der Waals surface area contributed by atoms with Crippen molar-refractivity contribution in [1.82, 2.24) is 19.6 Å². The second-order valence-electron chi connectivity index (χ2n) is 10.5. The van der Waals surface area contributed by atoms with Gasteiger partial charge in [-0.2, -0.15) is 31.4 Å². The highest BCUT2D eigenvalue weighted by molar-refractivity contribution is 8.18. The number of hydrogen-bond donors (Lipinski definition) is 0. The zero-order chi connectivity index (χ0) is 29.8. The lowest BCUT2D eigenvalue weighted by Gasteiger charge is -2.36. The van der Waals surface area contributed by atoms with Gasteiger partial charge in [0, 0.05) is 18.0 Å². The minimum Gasteiger partial charge on any atom is -0.373 e. The molecule has 42 heavy (non-hydrogen) atoms. The Morgan fingerprint density at radius 2 is 1.86 bits per heavy atom. The lowest BCUT2D eigenvalue weighted by atomic mass is 10.0. The van der Waals surface area contributed by atoms with E-state index < -0.39 is 35.9 Å². The minimum atomic E-state index is -4.99. The van der Waals surface area contributed by atoms with Crippen molar-refractivity contribution in [2.45, 2.75) is 43.9 Å². The second-order valence-corrected chi connectivity index (χ2v) is 11.5. The number of alkyl halides is 6. The van der Waals surface area contributed by atoms with Crippen LogP contribution >= 0.6 is 11.8 Å². The van der Waals surface area contributed by atoms with E-state index in [2.05, 4.69) is 10.00 Å². The molecule has 0 radical (unpaired) electrons. The molecular weight excluding hydrogens is 586 g/mol. The van der Waals surface area contributed by atoms with Gasteiger partial charge in [0.2, 0.25) is 0 Å². The Kier molecular flexibility index (Phi) is 7.34. The molecule has 0 spiro atoms. The molecule has 0 saturated carbocycles. The molecule has 0 bridgehead atoms. The summed E-state index contributed by atoms with van der Waals surface area (Å²) in [5.41, 5.74) is -2.10. The Morgan fingerprint density at radius 3 is 2.62 bits per heavy atom. The number of benzene rings is 2. The Bertz CT molecular complexity index is 1580. The number of imide groups is 1. The highest BCUT2D eigenvalue weighted by Gasteiger charge is 2.40. The number of carbonyl (C=O) groups excluding carboxylic acids is 2. The molecule has 2 atom stereocenters. The van der Waals surface area contributed by atoms with Gasteiger partial charge in [0.15, 0.2) is 0 Å². The SMILES string of the molecule is O=C1SC(=Cc2ccc3c(cnn3Cc3ccc(C(F)(F)F)cc3C(F)(F)F)c2)C(=O)N1C[C@H]1CN2CCC[C@H]2CO1. The third-order valence-corrected chi connectivity index (χ3v) is 8.66. The molecule has 2 amide bonds. The Morgan fingerprint density at radius 1 is 1.05 bits per heavy atom. The summed E-state index contributed by atoms with van der Waals surface area (Å²) in [4.78, 5) is 29.5. The number of nitrogens with zero attached hydrogens (tertiary/aromatic N) is 4. The van der Waals surface area contributed by atoms with Gasteiger partial charge in [-0.3, -0.25) is 24.1 Å². The molecule has 3 saturated heterocycles. The van der Waals surface area contributed by atoms with Gasteiger partial charge in [-0.05, 0) is 72.6 Å². The molecule has 14 heteroatoms. The van der Waals surface area contributed by atoms with Crippen LogP contribution in [0.2, 0.25) is 0 Å². The second kappa shape index (κ2) is 10.7. The Hall–Kier alpha value is -3.36. The van der Waals surface area contributed by atoms with Gasteiger partial charge in [-0.1, -0.05) is 12.1 Å². The number of ether oxygens (including phenoxy) is 1. The molecule has 2 aromatic carbocycles. The van der Waals surface area contributed by atoms with Gasteiger partial charge in [-0.15, -0.1) is 0 Å². The molecule has 3 aliphatic rings. The Labute approximate surface area is 240 Å². The third-order valence-electron chi connectivity index (χ3n) is 7.75. The van der Waals surface area contributed by atoms with E-state index in [1.165, 1.54) is 15.8 Å². The summed E-state index contributed by atoms with van der Waals surface area (Å²) in [5.74, 6) is -0.421. The van der Waals surface area contributed by atoms with Gasteiger partial charge < -0.3 is 4.74 Å². The summed E-state index contributed by atoms with van der Waals surface area (Å²) in [6.45, 7) is 2.00. The summed E-state index contributed by atoms with van der Waals surface area (Å²) < 4.78 is 87.1. The predicted octanol–water partition coefficient (Wildman–Crippen LogP) is 6.02. The van der Waals surface area contributed by atoms with E-state index in [1.54, 1.807) is 24.3 Å². The molecular formula is C28H24F6N4O3S. The largest absolute Gasteiger partial charge is 0.416 e. The number of halogens is 6. The van der Waals surface area contributed by atoms with E-state index in [-0.39, 0.29) is 34.4 Å². The lowest BCUT2D eigenvalue weighted by molar-refractivity contribution is -0.143. The molecule has 0 aliphatic carbocycles. The van der Waals surface area contributed by atoms with Crippen LogP contribution in [-0.2, 0) is 28.4 Å². The number of thioether (sulfide) groups is 1. The first-order valence-electron chi connectivity index (χ1n) is 13.2. The standard InChI is InChI=1S/C28H24F6N4O3S/c29-27(30,31)19-5-4-17(22(10-19)28(32,33)34)12-38-23-6-3-16(8-18(23)11-35-38)9-24-25(39)37(26(40)42-24)14-21-13-36-7-1-2-20(36)15-41-21/h3-6,8-11,20-21H,1-2,7,12-15H2/t20-,21+/m0/s1. The third kappa shape index (κ3) is 5.66. The van der Waals surface area contributed by atoms with E-state index in [4.69, 9.17) is 4.74 Å². The van der Waals surface area contributed by atoms with Crippen molar-refractivity contribution in [3.63, 3.8) is 0 Å². The van der Waals surface area contributed by atoms with E-state index in [0.29, 0.717) is 41.7 Å². The highest BCUT2D eigenvalue weighted by atomic mass is 32.2. The van der Waals surface area contributed by atoms with Crippen LogP contribution in [0.3, 0.4) is 0 Å². The molecule has 7 nitrogen and oxygen atoms in total. The van der Waals surface area contributed by atoms with Gasteiger partial charge in [0.1, 0.15) is 0 Å². The maximum absolute atomic E-state index is 13.6. The van der Waals surface area contributed by atoms with Crippen molar-refractivity contribution in [2.75, 3.05) is 26.2 Å². The minimum absolute atomic E-state index is 0.107. The number of fused-ring (bicyclic) bond motifs is 2. The summed E-state index contributed by atoms with van der Waals surface area (Å²) in [6, 6.07) is 6.83. The molecule has 4 heterocycles. The van der Waals surface area contributed by atoms with Crippen LogP contribution in [0.5, 0.6) is 0 Å². The first-order chi connectivity index (χ1) is 19.9. The number of aromatic nitrogens is 2. The van der Waals surface area contributed by atoms with E-state index in [1.807, 2.05) is 0 Å². The molecule has 0 N–H and O–H groups in total. The maximum Gasteiger partial charge on any atom is 0.416 e. The average Bonchev–Trinajstić information content (AvgIpc) is 3.62. The van der Waals surface area contributed by atoms with Crippen LogP contribution in [0, 0.1) is 0 Å². The van der Waals surface area contributed by atoms with Crippen molar-refractivity contribution in [2.24, 2.45) is 0 Å². The lowest BCUT2D eigenvalue weighted by Crippen LogP contribution is -2.50. The zero-order valence-corrected chi connectivity index (χ0v) is 22.7. The van der Waals surface area contributed by atoms with Gasteiger partial charge in [-0.25, -0.2) is 0 Å². The van der Waals surface area contributed by atoms with Gasteiger partial charge in [0.05, 0.1) is 53.5 Å². The van der Waals surface area contributed by atoms with Crippen molar-refractivity contribution in [1.29, 1.82) is 0 Å². The van der Waals surface area contributed by atoms with Crippen LogP contribution < -0.4 is 0 Å². The van der Waals surface area contributed by atoms with Crippen molar-refractivity contribution in [3.8, 4) is 0 Å². The highest BCUT2D eigenvalue weighted by Crippen LogP contribution is 2.38. The monoisotopic (exact) mass is 610 g/mol. The van der Waals surface area contributed by atoms with Gasteiger partial charge in [0.25, 0.3) is 11.1 Å². The van der Waals surface area contributed by atoms with Crippen molar-refractivity contribution >= 4 is 39.9 Å². The van der Waals surface area contributed by atoms with E-state index >= 15 is 0 Å². The predicted molar refractivity (Wildman–Crippen MR) is 142 cm³/mol. The van der Waals surface area contributed by atoms with Crippen molar-refractivity contribution < 1.29 is 40.7 Å². The summed E-state index contributed by atoms with van der Waals surface area (Å²) >= 11 is 0.826. The van der Waals surface area contributed by atoms with Crippen LogP contribution in [0.25, 0.3) is 17.0 Å². The summed E-state index contributed by atoms with van der Waals surface area (Å²) in [6.07, 6.45) is -4.98. The molecule has 3 aliphatic heterocycles. The number of rotatable bonds is 5. The first kappa shape index (κ1) is 28.7. The van der Waals surface area contributed by atoms with Crippen LogP contribution in [-0.4, -0.2) is 69.1 Å². The fourth-order valence-corrected chi connectivity index (χ4v) is 6.49. The number of hydrogen-bond acceptors (Lipinski definition) is 6. The maximum atomic E-state index is 13.6. The van der Waals surface area contributed by atoms with Crippen LogP contribution in [0.1, 0.15) is 35.1 Å².